The van der Waals surface area contributed by atoms with Gasteiger partial charge < -0.3 is 5.32 Å². The minimum Gasteiger partial charge on any atom is -0.317 e. The van der Waals surface area contributed by atoms with Crippen LogP contribution in [0.2, 0.25) is 0 Å². The van der Waals surface area contributed by atoms with Crippen molar-refractivity contribution in [3.8, 4) is 11.5 Å². The van der Waals surface area contributed by atoms with Crippen molar-refractivity contribution in [2.24, 2.45) is 0 Å². The van der Waals surface area contributed by atoms with E-state index in [1.807, 2.05) is 25.3 Å². The standard InChI is InChI=1S/C13H17N5/c1-9-2-3-11(15-8-9)13-16-12(17-18-13)10-4-6-14-7-5-10/h2-3,8,10,14H,4-7H2,1H3,(H,16,17,18). The van der Waals surface area contributed by atoms with Crippen molar-refractivity contribution < 1.29 is 0 Å². The summed E-state index contributed by atoms with van der Waals surface area (Å²) in [6.07, 6.45) is 4.07. The molecule has 0 amide bonds. The van der Waals surface area contributed by atoms with E-state index in [2.05, 4.69) is 25.5 Å². The maximum Gasteiger partial charge on any atom is 0.174 e. The quantitative estimate of drug-likeness (QED) is 0.841. The van der Waals surface area contributed by atoms with Crippen molar-refractivity contribution >= 4 is 0 Å². The van der Waals surface area contributed by atoms with Gasteiger partial charge in [-0.15, -0.1) is 0 Å². The lowest BCUT2D eigenvalue weighted by Crippen LogP contribution is -2.27. The van der Waals surface area contributed by atoms with Crippen molar-refractivity contribution in [1.82, 2.24) is 25.5 Å². The zero-order valence-electron chi connectivity index (χ0n) is 10.5. The highest BCUT2D eigenvalue weighted by molar-refractivity contribution is 5.48. The van der Waals surface area contributed by atoms with Gasteiger partial charge in [0, 0.05) is 12.1 Å². The summed E-state index contributed by atoms with van der Waals surface area (Å²) in [5.41, 5.74) is 2.00. The number of nitrogens with one attached hydrogen (secondary N) is 2. The van der Waals surface area contributed by atoms with Gasteiger partial charge >= 0.3 is 0 Å². The highest BCUT2D eigenvalue weighted by Crippen LogP contribution is 2.23. The predicted octanol–water partition coefficient (Wildman–Crippen LogP) is 1.64. The second kappa shape index (κ2) is 4.86. The Kier molecular flexibility index (Phi) is 3.06. The molecular formula is C13H17N5. The lowest BCUT2D eigenvalue weighted by molar-refractivity contribution is 0.446. The average molecular weight is 243 g/mol. The van der Waals surface area contributed by atoms with Gasteiger partial charge in [0.05, 0.1) is 0 Å². The number of hydrogen-bond acceptors (Lipinski definition) is 4. The molecule has 0 atom stereocenters. The van der Waals surface area contributed by atoms with Crippen molar-refractivity contribution in [1.29, 1.82) is 0 Å². The van der Waals surface area contributed by atoms with E-state index in [-0.39, 0.29) is 0 Å². The Balaban J connectivity index is 1.82. The van der Waals surface area contributed by atoms with Gasteiger partial charge in [0.25, 0.3) is 0 Å². The van der Waals surface area contributed by atoms with Crippen LogP contribution in [0.15, 0.2) is 18.3 Å². The third-order valence-electron chi connectivity index (χ3n) is 3.36. The van der Waals surface area contributed by atoms with Crippen molar-refractivity contribution in [3.63, 3.8) is 0 Å². The predicted molar refractivity (Wildman–Crippen MR) is 69.2 cm³/mol. The van der Waals surface area contributed by atoms with Crippen LogP contribution in [0.3, 0.4) is 0 Å². The van der Waals surface area contributed by atoms with Gasteiger partial charge in [-0.3, -0.25) is 10.1 Å². The van der Waals surface area contributed by atoms with Crippen LogP contribution in [0.1, 0.15) is 30.1 Å². The Labute approximate surface area is 106 Å². The lowest BCUT2D eigenvalue weighted by Gasteiger charge is -2.19. The average Bonchev–Trinajstić information content (AvgIpc) is 2.90. The summed E-state index contributed by atoms with van der Waals surface area (Å²) in [6.45, 7) is 4.13. The Hall–Kier alpha value is -1.75. The fourth-order valence-corrected chi connectivity index (χ4v) is 2.26. The molecule has 0 aliphatic carbocycles. The second-order valence-corrected chi connectivity index (χ2v) is 4.79. The summed E-state index contributed by atoms with van der Waals surface area (Å²) in [7, 11) is 0. The zero-order chi connectivity index (χ0) is 12.4. The van der Waals surface area contributed by atoms with Gasteiger partial charge in [0.15, 0.2) is 11.6 Å². The Morgan fingerprint density at radius 1 is 1.22 bits per heavy atom. The van der Waals surface area contributed by atoms with E-state index < -0.39 is 0 Å². The van der Waals surface area contributed by atoms with Crippen LogP contribution in [0, 0.1) is 6.92 Å². The molecule has 2 N–H and O–H groups in total. The number of H-pyrrole nitrogens is 1. The monoisotopic (exact) mass is 243 g/mol. The molecule has 0 bridgehead atoms. The van der Waals surface area contributed by atoms with E-state index >= 15 is 0 Å². The molecular weight excluding hydrogens is 226 g/mol. The van der Waals surface area contributed by atoms with Crippen LogP contribution in [0.5, 0.6) is 0 Å². The third kappa shape index (κ3) is 2.26. The van der Waals surface area contributed by atoms with Gasteiger partial charge in [0.2, 0.25) is 0 Å². The van der Waals surface area contributed by atoms with E-state index in [1.54, 1.807) is 0 Å². The van der Waals surface area contributed by atoms with E-state index in [0.717, 1.165) is 48.8 Å². The van der Waals surface area contributed by atoms with Crippen LogP contribution in [0.25, 0.3) is 11.5 Å². The molecule has 2 aromatic rings. The smallest absolute Gasteiger partial charge is 0.174 e. The molecule has 3 heterocycles. The molecule has 94 valence electrons. The molecule has 1 aliphatic rings. The molecule has 1 fully saturated rings. The first kappa shape index (κ1) is 11.3. The summed E-state index contributed by atoms with van der Waals surface area (Å²) in [6, 6.07) is 4.01. The number of rotatable bonds is 2. The van der Waals surface area contributed by atoms with Crippen LogP contribution >= 0.6 is 0 Å². The van der Waals surface area contributed by atoms with Crippen LogP contribution in [0.4, 0.5) is 0 Å². The Morgan fingerprint density at radius 3 is 2.78 bits per heavy atom. The summed E-state index contributed by atoms with van der Waals surface area (Å²) >= 11 is 0. The van der Waals surface area contributed by atoms with Crippen LogP contribution < -0.4 is 5.32 Å². The maximum absolute atomic E-state index is 4.58. The van der Waals surface area contributed by atoms with Crippen molar-refractivity contribution in [2.75, 3.05) is 13.1 Å². The highest BCUT2D eigenvalue weighted by Gasteiger charge is 2.19. The first-order chi connectivity index (χ1) is 8.83. The number of pyridine rings is 1. The summed E-state index contributed by atoms with van der Waals surface area (Å²) in [4.78, 5) is 8.94. The molecule has 0 aromatic carbocycles. The largest absolute Gasteiger partial charge is 0.317 e. The summed E-state index contributed by atoms with van der Waals surface area (Å²) < 4.78 is 0. The first-order valence-corrected chi connectivity index (χ1v) is 6.39. The molecule has 5 nitrogen and oxygen atoms in total. The van der Waals surface area contributed by atoms with Gasteiger partial charge in [-0.05, 0) is 44.5 Å². The molecule has 2 aromatic heterocycles. The van der Waals surface area contributed by atoms with Crippen molar-refractivity contribution in [2.45, 2.75) is 25.7 Å². The maximum atomic E-state index is 4.58. The molecule has 1 saturated heterocycles. The number of aromatic nitrogens is 4. The molecule has 0 unspecified atom stereocenters. The molecule has 0 radical (unpaired) electrons. The fraction of sp³-hybridized carbons (Fsp3) is 0.462. The fourth-order valence-electron chi connectivity index (χ4n) is 2.26. The second-order valence-electron chi connectivity index (χ2n) is 4.79. The van der Waals surface area contributed by atoms with Gasteiger partial charge in [-0.1, -0.05) is 6.07 Å². The van der Waals surface area contributed by atoms with Gasteiger partial charge in [0.1, 0.15) is 5.69 Å². The Bertz CT molecular complexity index is 510. The number of aromatic amines is 1. The molecule has 1 aliphatic heterocycles. The van der Waals surface area contributed by atoms with E-state index in [9.17, 15) is 0 Å². The normalized spacial score (nSPS) is 16.9. The minimum absolute atomic E-state index is 0.474. The number of hydrogen-bond donors (Lipinski definition) is 2. The molecule has 5 heteroatoms. The van der Waals surface area contributed by atoms with Crippen LogP contribution in [-0.2, 0) is 0 Å². The van der Waals surface area contributed by atoms with E-state index in [4.69, 9.17) is 0 Å². The Morgan fingerprint density at radius 2 is 2.06 bits per heavy atom. The first-order valence-electron chi connectivity index (χ1n) is 6.39. The number of aryl methyl sites for hydroxylation is 1. The summed E-state index contributed by atoms with van der Waals surface area (Å²) in [5, 5.41) is 10.7. The molecule has 0 saturated carbocycles. The highest BCUT2D eigenvalue weighted by atomic mass is 15.2. The number of piperidine rings is 1. The lowest BCUT2D eigenvalue weighted by atomic mass is 9.98. The molecule has 3 rings (SSSR count). The SMILES string of the molecule is Cc1ccc(-c2nc(C3CCNCC3)n[nH]2)nc1. The van der Waals surface area contributed by atoms with Crippen molar-refractivity contribution in [3.05, 3.63) is 29.7 Å². The van der Waals surface area contributed by atoms with Crippen LogP contribution in [-0.4, -0.2) is 33.3 Å². The van der Waals surface area contributed by atoms with Gasteiger partial charge in [-0.25, -0.2) is 4.98 Å². The molecule has 18 heavy (non-hydrogen) atoms. The topological polar surface area (TPSA) is 66.5 Å². The zero-order valence-corrected chi connectivity index (χ0v) is 10.5. The van der Waals surface area contributed by atoms with Gasteiger partial charge in [-0.2, -0.15) is 5.10 Å². The summed E-state index contributed by atoms with van der Waals surface area (Å²) in [5.74, 6) is 2.17. The van der Waals surface area contributed by atoms with E-state index in [0.29, 0.717) is 5.92 Å². The van der Waals surface area contributed by atoms with E-state index in [1.165, 1.54) is 0 Å². The third-order valence-corrected chi connectivity index (χ3v) is 3.36. The minimum atomic E-state index is 0.474. The molecule has 0 spiro atoms. The number of nitrogens with zero attached hydrogens (tertiary/aromatic N) is 3.